The quantitative estimate of drug-likeness (QED) is 0.637. The van der Waals surface area contributed by atoms with Gasteiger partial charge in [-0.05, 0) is 75.3 Å². The maximum atomic E-state index is 12.6. The second-order valence-electron chi connectivity index (χ2n) is 7.59. The molecule has 0 saturated carbocycles. The Morgan fingerprint density at radius 3 is 2.04 bits per heavy atom. The third-order valence-corrected chi connectivity index (χ3v) is 5.07. The predicted molar refractivity (Wildman–Crippen MR) is 101 cm³/mol. The predicted octanol–water partition coefficient (Wildman–Crippen LogP) is 4.25. The van der Waals surface area contributed by atoms with Crippen LogP contribution in [0.1, 0.15) is 48.7 Å². The molecule has 1 heterocycles. The highest BCUT2D eigenvalue weighted by molar-refractivity contribution is 5.24. The molecule has 0 aliphatic carbocycles. The monoisotopic (exact) mass is 382 g/mol. The van der Waals surface area contributed by atoms with Crippen molar-refractivity contribution in [3.8, 4) is 0 Å². The van der Waals surface area contributed by atoms with Gasteiger partial charge in [0, 0.05) is 24.0 Å². The summed E-state index contributed by atoms with van der Waals surface area (Å²) in [7, 11) is 2.04. The second-order valence-corrected chi connectivity index (χ2v) is 7.59. The number of alkyl halides is 3. The van der Waals surface area contributed by atoms with Crippen LogP contribution in [0.3, 0.4) is 0 Å². The molecule has 0 aliphatic heterocycles. The first-order chi connectivity index (χ1) is 12.6. The number of aliphatic hydroxyl groups is 1. The molecule has 0 bridgehead atoms. The van der Waals surface area contributed by atoms with E-state index in [1.54, 1.807) is 12.1 Å². The van der Waals surface area contributed by atoms with Gasteiger partial charge in [-0.3, -0.25) is 0 Å². The molecule has 3 nitrogen and oxygen atoms in total. The highest BCUT2D eigenvalue weighted by Gasteiger charge is 2.29. The van der Waals surface area contributed by atoms with E-state index in [2.05, 4.69) is 16.7 Å². The first-order valence-corrected chi connectivity index (χ1v) is 9.32. The lowest BCUT2D eigenvalue weighted by molar-refractivity contribution is -0.137. The maximum absolute atomic E-state index is 12.6. The number of hydrogen-bond acceptors (Lipinski definition) is 2. The Balaban J connectivity index is 1.79. The van der Waals surface area contributed by atoms with Crippen LogP contribution < -0.4 is 5.73 Å². The molecule has 6 heteroatoms. The van der Waals surface area contributed by atoms with Gasteiger partial charge in [0.1, 0.15) is 0 Å². The zero-order valence-electron chi connectivity index (χ0n) is 16.0. The highest BCUT2D eigenvalue weighted by Crippen LogP contribution is 2.29. The number of unbranched alkanes of at least 4 members (excludes halogenated alkanes) is 1. The van der Waals surface area contributed by atoms with E-state index in [0.717, 1.165) is 49.8 Å². The summed E-state index contributed by atoms with van der Waals surface area (Å²) in [6.07, 6.45) is 0.862. The topological polar surface area (TPSA) is 51.2 Å². The number of aromatic nitrogens is 1. The zero-order valence-corrected chi connectivity index (χ0v) is 16.0. The summed E-state index contributed by atoms with van der Waals surface area (Å²) in [5.74, 6) is 0. The van der Waals surface area contributed by atoms with Crippen molar-refractivity contribution in [3.63, 3.8) is 0 Å². The summed E-state index contributed by atoms with van der Waals surface area (Å²) in [4.78, 5) is 0. The van der Waals surface area contributed by atoms with Gasteiger partial charge in [-0.15, -0.1) is 0 Å². The third kappa shape index (κ3) is 6.40. The fraction of sp³-hybridized carbons (Fsp3) is 0.524. The van der Waals surface area contributed by atoms with Crippen LogP contribution in [0.15, 0.2) is 36.4 Å². The van der Waals surface area contributed by atoms with Crippen LogP contribution in [0.5, 0.6) is 0 Å². The van der Waals surface area contributed by atoms with Gasteiger partial charge in [-0.25, -0.2) is 0 Å². The van der Waals surface area contributed by atoms with Gasteiger partial charge in [0.25, 0.3) is 0 Å². The highest BCUT2D eigenvalue weighted by atomic mass is 19.4. The molecule has 27 heavy (non-hydrogen) atoms. The van der Waals surface area contributed by atoms with Gasteiger partial charge in [0.15, 0.2) is 0 Å². The number of aliphatic hydroxyl groups excluding tert-OH is 1. The molecule has 0 spiro atoms. The first-order valence-electron chi connectivity index (χ1n) is 9.32. The van der Waals surface area contributed by atoms with Gasteiger partial charge < -0.3 is 15.4 Å². The van der Waals surface area contributed by atoms with Crippen LogP contribution in [-0.4, -0.2) is 21.8 Å². The summed E-state index contributed by atoms with van der Waals surface area (Å²) < 4.78 is 39.9. The molecule has 0 aliphatic rings. The fourth-order valence-corrected chi connectivity index (χ4v) is 3.09. The maximum Gasteiger partial charge on any atom is 0.416 e. The Labute approximate surface area is 159 Å². The lowest BCUT2D eigenvalue weighted by atomic mass is 9.97. The number of nitrogens with zero attached hydrogens (tertiary/aromatic N) is 1. The van der Waals surface area contributed by atoms with Crippen molar-refractivity contribution in [2.45, 2.75) is 57.2 Å². The van der Waals surface area contributed by atoms with E-state index >= 15 is 0 Å². The molecule has 3 N–H and O–H groups in total. The molecular formula is C21H29F3N2O. The average molecular weight is 382 g/mol. The Kier molecular flexibility index (Phi) is 7.12. The number of nitrogens with two attached hydrogens (primary N) is 1. The summed E-state index contributed by atoms with van der Waals surface area (Å²) >= 11 is 0. The molecule has 150 valence electrons. The summed E-state index contributed by atoms with van der Waals surface area (Å²) in [6.45, 7) is 1.81. The van der Waals surface area contributed by atoms with Crippen LogP contribution in [0.2, 0.25) is 0 Å². The van der Waals surface area contributed by atoms with Crippen molar-refractivity contribution in [1.29, 1.82) is 0 Å². The number of rotatable bonds is 9. The number of halogens is 3. The van der Waals surface area contributed by atoms with E-state index in [4.69, 9.17) is 5.73 Å². The zero-order chi connectivity index (χ0) is 20.1. The van der Waals surface area contributed by atoms with E-state index in [-0.39, 0.29) is 6.61 Å². The summed E-state index contributed by atoms with van der Waals surface area (Å²) in [6, 6.07) is 9.63. The Morgan fingerprint density at radius 1 is 0.926 bits per heavy atom. The standard InChI is InChI=1S/C21H29F3N2O/c1-20(25,15-27)14-13-19-12-11-18(26(19)2)6-4-3-5-16-7-9-17(10-8-16)21(22,23)24/h7-12,27H,3-6,13-15,25H2,1-2H3. The lowest BCUT2D eigenvalue weighted by Gasteiger charge is -2.21. The molecule has 1 atom stereocenters. The average Bonchev–Trinajstić information content (AvgIpc) is 2.97. The van der Waals surface area contributed by atoms with Crippen molar-refractivity contribution < 1.29 is 18.3 Å². The van der Waals surface area contributed by atoms with Gasteiger partial charge >= 0.3 is 6.18 Å². The van der Waals surface area contributed by atoms with Crippen LogP contribution >= 0.6 is 0 Å². The van der Waals surface area contributed by atoms with Gasteiger partial charge in [0.05, 0.1) is 12.2 Å². The van der Waals surface area contributed by atoms with Crippen molar-refractivity contribution in [2.75, 3.05) is 6.61 Å². The van der Waals surface area contributed by atoms with Crippen LogP contribution in [-0.2, 0) is 32.5 Å². The molecule has 2 rings (SSSR count). The summed E-state index contributed by atoms with van der Waals surface area (Å²) in [5.41, 5.74) is 8.18. The fourth-order valence-electron chi connectivity index (χ4n) is 3.09. The van der Waals surface area contributed by atoms with Crippen LogP contribution in [0.25, 0.3) is 0 Å². The molecule has 2 aromatic rings. The largest absolute Gasteiger partial charge is 0.416 e. The van der Waals surface area contributed by atoms with E-state index in [1.165, 1.54) is 11.4 Å². The molecule has 1 unspecified atom stereocenters. The number of benzene rings is 1. The minimum Gasteiger partial charge on any atom is -0.394 e. The normalized spacial score (nSPS) is 14.3. The molecule has 0 amide bonds. The molecule has 0 radical (unpaired) electrons. The van der Waals surface area contributed by atoms with Crippen LogP contribution in [0, 0.1) is 0 Å². The molecular weight excluding hydrogens is 353 g/mol. The first kappa shape index (κ1) is 21.5. The minimum atomic E-state index is -4.28. The van der Waals surface area contributed by atoms with Crippen LogP contribution in [0.4, 0.5) is 13.2 Å². The van der Waals surface area contributed by atoms with E-state index in [1.807, 2.05) is 14.0 Å². The second kappa shape index (κ2) is 8.93. The Morgan fingerprint density at radius 2 is 1.48 bits per heavy atom. The van der Waals surface area contributed by atoms with E-state index in [0.29, 0.717) is 6.42 Å². The van der Waals surface area contributed by atoms with Crippen molar-refractivity contribution >= 4 is 0 Å². The minimum absolute atomic E-state index is 0.0335. The molecule has 0 fully saturated rings. The van der Waals surface area contributed by atoms with E-state index in [9.17, 15) is 18.3 Å². The third-order valence-electron chi connectivity index (χ3n) is 5.07. The van der Waals surface area contributed by atoms with Crippen molar-refractivity contribution in [2.24, 2.45) is 12.8 Å². The lowest BCUT2D eigenvalue weighted by Crippen LogP contribution is -2.40. The van der Waals surface area contributed by atoms with Gasteiger partial charge in [0.2, 0.25) is 0 Å². The Hall–Kier alpha value is -1.79. The number of hydrogen-bond donors (Lipinski definition) is 2. The van der Waals surface area contributed by atoms with Gasteiger partial charge in [-0.1, -0.05) is 12.1 Å². The molecule has 1 aromatic heterocycles. The SMILES string of the molecule is Cn1c(CCCCc2ccc(C(F)(F)F)cc2)ccc1CCC(C)(N)CO. The van der Waals surface area contributed by atoms with Gasteiger partial charge in [-0.2, -0.15) is 13.2 Å². The van der Waals surface area contributed by atoms with Crippen molar-refractivity contribution in [1.82, 2.24) is 4.57 Å². The van der Waals surface area contributed by atoms with E-state index < -0.39 is 17.3 Å². The molecule has 1 aromatic carbocycles. The molecule has 0 saturated heterocycles. The van der Waals surface area contributed by atoms with Crippen molar-refractivity contribution in [3.05, 3.63) is 58.9 Å². The number of aryl methyl sites for hydroxylation is 3. The smallest absolute Gasteiger partial charge is 0.394 e. The summed E-state index contributed by atoms with van der Waals surface area (Å²) in [5, 5.41) is 9.25. The Bertz CT molecular complexity index is 718.